The van der Waals surface area contributed by atoms with Gasteiger partial charge in [0, 0.05) is 6.42 Å². The van der Waals surface area contributed by atoms with E-state index in [2.05, 4.69) is 55.6 Å². The minimum absolute atomic E-state index is 0.0869. The van der Waals surface area contributed by atoms with Crippen molar-refractivity contribution in [1.82, 2.24) is 5.32 Å². The number of carbonyl (C=O) groups is 1. The molecule has 3 N–H and O–H groups in total. The number of amides is 1. The van der Waals surface area contributed by atoms with E-state index in [1.165, 1.54) is 154 Å². The zero-order valence-electron chi connectivity index (χ0n) is 34.1. The first-order valence-electron chi connectivity index (χ1n) is 22.4. The first-order chi connectivity index (χ1) is 25.2. The SMILES string of the molecule is CCCCCCCCC/C=C\CCCCCCCC(=O)NC(CO)C(O)/C=C/CC/C=C/CC/C=C/CCCCCCCCCCCCCCC. The largest absolute Gasteiger partial charge is 0.394 e. The van der Waals surface area contributed by atoms with Gasteiger partial charge in [0.05, 0.1) is 18.8 Å². The lowest BCUT2D eigenvalue weighted by Crippen LogP contribution is -2.45. The molecule has 0 heterocycles. The van der Waals surface area contributed by atoms with Crippen LogP contribution in [0.25, 0.3) is 0 Å². The van der Waals surface area contributed by atoms with Gasteiger partial charge in [-0.2, -0.15) is 0 Å². The molecule has 0 saturated carbocycles. The number of rotatable bonds is 40. The fraction of sp³-hybridized carbons (Fsp3) is 0.809. The predicted molar refractivity (Wildman–Crippen MR) is 225 cm³/mol. The lowest BCUT2D eigenvalue weighted by molar-refractivity contribution is -0.123. The van der Waals surface area contributed by atoms with Crippen molar-refractivity contribution in [3.8, 4) is 0 Å². The van der Waals surface area contributed by atoms with Crippen LogP contribution in [0.1, 0.15) is 226 Å². The average Bonchev–Trinajstić information content (AvgIpc) is 3.13. The van der Waals surface area contributed by atoms with Gasteiger partial charge in [-0.1, -0.05) is 197 Å². The van der Waals surface area contributed by atoms with Crippen molar-refractivity contribution in [2.45, 2.75) is 238 Å². The van der Waals surface area contributed by atoms with E-state index in [0.717, 1.165) is 51.4 Å². The minimum Gasteiger partial charge on any atom is -0.394 e. The highest BCUT2D eigenvalue weighted by atomic mass is 16.3. The van der Waals surface area contributed by atoms with Crippen LogP contribution >= 0.6 is 0 Å². The van der Waals surface area contributed by atoms with Crippen molar-refractivity contribution in [2.75, 3.05) is 6.61 Å². The molecule has 0 aliphatic carbocycles. The summed E-state index contributed by atoms with van der Waals surface area (Å²) >= 11 is 0. The minimum atomic E-state index is -0.873. The Morgan fingerprint density at radius 1 is 0.451 bits per heavy atom. The van der Waals surface area contributed by atoms with Gasteiger partial charge in [0.15, 0.2) is 0 Å². The van der Waals surface area contributed by atoms with Gasteiger partial charge in [-0.3, -0.25) is 4.79 Å². The highest BCUT2D eigenvalue weighted by molar-refractivity contribution is 5.76. The van der Waals surface area contributed by atoms with Crippen LogP contribution in [0.15, 0.2) is 48.6 Å². The summed E-state index contributed by atoms with van der Waals surface area (Å²) in [5.41, 5.74) is 0. The summed E-state index contributed by atoms with van der Waals surface area (Å²) in [5.74, 6) is -0.0869. The van der Waals surface area contributed by atoms with E-state index in [9.17, 15) is 15.0 Å². The Hall–Kier alpha value is -1.65. The number of carbonyl (C=O) groups excluding carboxylic acids is 1. The third kappa shape index (κ3) is 39.4. The number of hydrogen-bond donors (Lipinski definition) is 3. The monoisotopic (exact) mass is 714 g/mol. The second kappa shape index (κ2) is 42.8. The van der Waals surface area contributed by atoms with Crippen molar-refractivity contribution in [3.05, 3.63) is 48.6 Å². The Kier molecular flexibility index (Phi) is 41.4. The Balaban J connectivity index is 3.65. The van der Waals surface area contributed by atoms with Crippen LogP contribution in [0, 0.1) is 0 Å². The number of aliphatic hydroxyl groups is 2. The molecule has 0 aliphatic heterocycles. The van der Waals surface area contributed by atoms with Gasteiger partial charge in [-0.25, -0.2) is 0 Å². The molecule has 0 saturated heterocycles. The lowest BCUT2D eigenvalue weighted by Gasteiger charge is -2.19. The van der Waals surface area contributed by atoms with Crippen molar-refractivity contribution in [2.24, 2.45) is 0 Å². The summed E-state index contributed by atoms with van der Waals surface area (Å²) < 4.78 is 0. The molecule has 0 aliphatic rings. The van der Waals surface area contributed by atoms with E-state index in [4.69, 9.17) is 0 Å². The maximum absolute atomic E-state index is 12.4. The quantitative estimate of drug-likeness (QED) is 0.0437. The molecule has 0 fully saturated rings. The normalized spacial score (nSPS) is 13.4. The second-order valence-electron chi connectivity index (χ2n) is 15.1. The Morgan fingerprint density at radius 3 is 1.14 bits per heavy atom. The van der Waals surface area contributed by atoms with E-state index in [1.807, 2.05) is 6.08 Å². The molecule has 298 valence electrons. The first kappa shape index (κ1) is 49.4. The Labute approximate surface area is 318 Å². The van der Waals surface area contributed by atoms with Crippen LogP contribution in [-0.2, 0) is 4.79 Å². The molecule has 0 aromatic carbocycles. The molecular formula is C47H87NO3. The van der Waals surface area contributed by atoms with E-state index < -0.39 is 12.1 Å². The van der Waals surface area contributed by atoms with Gasteiger partial charge < -0.3 is 15.5 Å². The molecule has 0 bridgehead atoms. The molecule has 0 rings (SSSR count). The molecule has 51 heavy (non-hydrogen) atoms. The van der Waals surface area contributed by atoms with Gasteiger partial charge in [0.2, 0.25) is 5.91 Å². The van der Waals surface area contributed by atoms with Crippen molar-refractivity contribution >= 4 is 5.91 Å². The van der Waals surface area contributed by atoms with Crippen LogP contribution in [-0.4, -0.2) is 34.9 Å². The van der Waals surface area contributed by atoms with Gasteiger partial charge in [-0.15, -0.1) is 0 Å². The molecule has 4 heteroatoms. The summed E-state index contributed by atoms with van der Waals surface area (Å²) in [7, 11) is 0. The van der Waals surface area contributed by atoms with E-state index in [0.29, 0.717) is 6.42 Å². The van der Waals surface area contributed by atoms with Gasteiger partial charge in [-0.05, 0) is 70.6 Å². The molecular weight excluding hydrogens is 627 g/mol. The second-order valence-corrected chi connectivity index (χ2v) is 15.1. The summed E-state index contributed by atoms with van der Waals surface area (Å²) in [4.78, 5) is 12.4. The fourth-order valence-corrected chi connectivity index (χ4v) is 6.56. The van der Waals surface area contributed by atoms with Crippen molar-refractivity contribution < 1.29 is 15.0 Å². The summed E-state index contributed by atoms with van der Waals surface area (Å²) in [6.45, 7) is 4.29. The highest BCUT2D eigenvalue weighted by Gasteiger charge is 2.17. The van der Waals surface area contributed by atoms with Gasteiger partial charge >= 0.3 is 0 Å². The Bertz CT molecular complexity index is 816. The van der Waals surface area contributed by atoms with Crippen LogP contribution in [0.4, 0.5) is 0 Å². The van der Waals surface area contributed by atoms with E-state index in [1.54, 1.807) is 6.08 Å². The van der Waals surface area contributed by atoms with E-state index in [-0.39, 0.29) is 12.5 Å². The van der Waals surface area contributed by atoms with Crippen LogP contribution in [0.5, 0.6) is 0 Å². The summed E-state index contributed by atoms with van der Waals surface area (Å²) in [6, 6.07) is -0.649. The predicted octanol–water partition coefficient (Wildman–Crippen LogP) is 14.0. The smallest absolute Gasteiger partial charge is 0.220 e. The molecule has 0 radical (unpaired) electrons. The number of allylic oxidation sites excluding steroid dienone is 7. The van der Waals surface area contributed by atoms with Crippen LogP contribution < -0.4 is 5.32 Å². The molecule has 1 amide bonds. The molecule has 0 aromatic heterocycles. The topological polar surface area (TPSA) is 69.6 Å². The molecule has 2 unspecified atom stereocenters. The molecule has 0 spiro atoms. The molecule has 4 nitrogen and oxygen atoms in total. The first-order valence-corrected chi connectivity index (χ1v) is 22.4. The molecule has 0 aromatic rings. The lowest BCUT2D eigenvalue weighted by atomic mass is 10.0. The summed E-state index contributed by atoms with van der Waals surface area (Å²) in [5, 5.41) is 23.0. The summed E-state index contributed by atoms with van der Waals surface area (Å²) in [6.07, 6.45) is 57.9. The highest BCUT2D eigenvalue weighted by Crippen LogP contribution is 2.14. The third-order valence-corrected chi connectivity index (χ3v) is 10.0. The number of hydrogen-bond acceptors (Lipinski definition) is 3. The van der Waals surface area contributed by atoms with E-state index >= 15 is 0 Å². The fourth-order valence-electron chi connectivity index (χ4n) is 6.56. The zero-order chi connectivity index (χ0) is 37.1. The standard InChI is InChI=1S/C47H87NO3/c1-3-5-7-9-11-13-15-17-19-21-22-23-24-25-26-27-28-30-32-34-36-38-40-42-46(50)45(44-49)48-47(51)43-41-39-37-35-33-31-29-20-18-16-14-12-10-8-6-4-2/h20,26-27,29,32,34,40,42,45-46,49-50H,3-19,21-25,28,30-31,33,35-39,41,43-44H2,1-2H3,(H,48,51)/b27-26+,29-20-,34-32+,42-40+. The molecule has 2 atom stereocenters. The maximum Gasteiger partial charge on any atom is 0.220 e. The number of aliphatic hydroxyl groups excluding tert-OH is 2. The number of nitrogens with one attached hydrogen (secondary N) is 1. The van der Waals surface area contributed by atoms with Crippen LogP contribution in [0.3, 0.4) is 0 Å². The van der Waals surface area contributed by atoms with Gasteiger partial charge in [0.25, 0.3) is 0 Å². The number of unbranched alkanes of at least 4 members (excludes halogenated alkanes) is 27. The van der Waals surface area contributed by atoms with Crippen LogP contribution in [0.2, 0.25) is 0 Å². The van der Waals surface area contributed by atoms with Gasteiger partial charge in [0.1, 0.15) is 0 Å². The Morgan fingerprint density at radius 2 is 0.765 bits per heavy atom. The van der Waals surface area contributed by atoms with Crippen molar-refractivity contribution in [3.63, 3.8) is 0 Å². The average molecular weight is 714 g/mol. The maximum atomic E-state index is 12.4. The zero-order valence-corrected chi connectivity index (χ0v) is 34.1. The van der Waals surface area contributed by atoms with Crippen molar-refractivity contribution in [1.29, 1.82) is 0 Å². The third-order valence-electron chi connectivity index (χ3n) is 10.0.